The molecule has 0 spiro atoms. The van der Waals surface area contributed by atoms with E-state index >= 15 is 0 Å². The van der Waals surface area contributed by atoms with Crippen molar-refractivity contribution < 1.29 is 31.1 Å². The van der Waals surface area contributed by atoms with E-state index in [2.05, 4.69) is 15.9 Å². The summed E-state index contributed by atoms with van der Waals surface area (Å²) in [6.45, 7) is -1.28. The maximum Gasteiger partial charge on any atom is 0.390 e. The highest BCUT2D eigenvalue weighted by Crippen LogP contribution is 2.26. The second-order valence-electron chi connectivity index (χ2n) is 3.27. The number of aliphatic hydroxyl groups is 1. The molecule has 10 heteroatoms. The highest BCUT2D eigenvalue weighted by atomic mass is 79.9. The molecule has 0 aliphatic heterocycles. The summed E-state index contributed by atoms with van der Waals surface area (Å²) in [5.74, 6) is -0.0157. The third-order valence-electron chi connectivity index (χ3n) is 1.85. The van der Waals surface area contributed by atoms with Gasteiger partial charge in [-0.3, -0.25) is 0 Å². The van der Waals surface area contributed by atoms with Crippen molar-refractivity contribution in [3.05, 3.63) is 16.5 Å². The minimum atomic E-state index is -4.44. The van der Waals surface area contributed by atoms with Crippen molar-refractivity contribution in [3.63, 3.8) is 0 Å². The van der Waals surface area contributed by atoms with Gasteiger partial charge in [0.25, 0.3) is 0 Å². The van der Waals surface area contributed by atoms with Gasteiger partial charge in [0.15, 0.2) is 4.67 Å². The zero-order valence-corrected chi connectivity index (χ0v) is 11.2. The molecule has 0 bridgehead atoms. The molecule has 0 aliphatic carbocycles. The number of aliphatic hydroxyl groups excluding tert-OH is 1. The Morgan fingerprint density at radius 3 is 2.50 bits per heavy atom. The summed E-state index contributed by atoms with van der Waals surface area (Å²) in [5.41, 5.74) is 0. The molecule has 0 unspecified atom stereocenters. The summed E-state index contributed by atoms with van der Waals surface area (Å²) in [7, 11) is -4.10. The largest absolute Gasteiger partial charge is 0.450 e. The Labute approximate surface area is 109 Å². The van der Waals surface area contributed by atoms with E-state index in [4.69, 9.17) is 9.52 Å². The van der Waals surface area contributed by atoms with E-state index in [1.54, 1.807) is 4.72 Å². The van der Waals surface area contributed by atoms with Crippen molar-refractivity contribution in [2.24, 2.45) is 0 Å². The SMILES string of the molecule is O=S(=O)(NCCC(F)(F)F)c1cc(CO)oc1Br. The van der Waals surface area contributed by atoms with Gasteiger partial charge in [-0.25, -0.2) is 13.1 Å². The minimum Gasteiger partial charge on any atom is -0.450 e. The first-order chi connectivity index (χ1) is 8.15. The number of halogens is 4. The molecular formula is C8H9BrF3NO4S. The van der Waals surface area contributed by atoms with Crippen LogP contribution in [-0.2, 0) is 16.6 Å². The van der Waals surface area contributed by atoms with Crippen molar-refractivity contribution >= 4 is 26.0 Å². The van der Waals surface area contributed by atoms with Crippen LogP contribution in [0.5, 0.6) is 0 Å². The lowest BCUT2D eigenvalue weighted by Gasteiger charge is -2.07. The van der Waals surface area contributed by atoms with Crippen molar-refractivity contribution in [1.29, 1.82) is 0 Å². The number of hydrogen-bond donors (Lipinski definition) is 2. The monoisotopic (exact) mass is 351 g/mol. The molecule has 0 aromatic carbocycles. The summed E-state index contributed by atoms with van der Waals surface area (Å²) in [4.78, 5) is -0.353. The number of furan rings is 1. The number of rotatable bonds is 5. The van der Waals surface area contributed by atoms with E-state index in [1.165, 1.54) is 0 Å². The zero-order valence-electron chi connectivity index (χ0n) is 8.79. The first-order valence-electron chi connectivity index (χ1n) is 4.61. The summed E-state index contributed by atoms with van der Waals surface area (Å²) in [6, 6.07) is 1.03. The van der Waals surface area contributed by atoms with Gasteiger partial charge < -0.3 is 9.52 Å². The summed E-state index contributed by atoms with van der Waals surface area (Å²) < 4.78 is 65.3. The molecule has 1 rings (SSSR count). The van der Waals surface area contributed by atoms with Crippen LogP contribution in [0.2, 0.25) is 0 Å². The van der Waals surface area contributed by atoms with E-state index in [0.717, 1.165) is 6.07 Å². The number of sulfonamides is 1. The number of alkyl halides is 3. The third-order valence-corrected chi connectivity index (χ3v) is 4.17. The lowest BCUT2D eigenvalue weighted by Crippen LogP contribution is -2.28. The molecule has 0 fully saturated rings. The minimum absolute atomic E-state index is 0.0157. The van der Waals surface area contributed by atoms with Crippen LogP contribution in [0.1, 0.15) is 12.2 Å². The molecular weight excluding hydrogens is 343 g/mol. The fraction of sp³-hybridized carbons (Fsp3) is 0.500. The van der Waals surface area contributed by atoms with Gasteiger partial charge in [-0.05, 0) is 15.9 Å². The molecule has 5 nitrogen and oxygen atoms in total. The second kappa shape index (κ2) is 5.59. The van der Waals surface area contributed by atoms with Crippen LogP contribution in [0.3, 0.4) is 0 Å². The fourth-order valence-corrected chi connectivity index (χ4v) is 3.09. The Balaban J connectivity index is 2.77. The Kier molecular flexibility index (Phi) is 4.81. The van der Waals surface area contributed by atoms with Crippen LogP contribution in [0.25, 0.3) is 0 Å². The molecule has 0 saturated heterocycles. The van der Waals surface area contributed by atoms with Gasteiger partial charge in [-0.2, -0.15) is 13.2 Å². The van der Waals surface area contributed by atoms with E-state index in [0.29, 0.717) is 0 Å². The maximum atomic E-state index is 11.9. The first-order valence-corrected chi connectivity index (χ1v) is 6.89. The van der Waals surface area contributed by atoms with Crippen LogP contribution >= 0.6 is 15.9 Å². The summed E-state index contributed by atoms with van der Waals surface area (Å²) in [6.07, 6.45) is -5.71. The van der Waals surface area contributed by atoms with Gasteiger partial charge in [0.05, 0.1) is 6.42 Å². The quantitative estimate of drug-likeness (QED) is 0.847. The topological polar surface area (TPSA) is 79.5 Å². The average Bonchev–Trinajstić information content (AvgIpc) is 2.58. The van der Waals surface area contributed by atoms with E-state index in [-0.39, 0.29) is 15.3 Å². The predicted octanol–water partition coefficient (Wildman–Crippen LogP) is 1.77. The normalized spacial score (nSPS) is 12.9. The summed E-state index contributed by atoms with van der Waals surface area (Å²) >= 11 is 2.81. The molecule has 0 saturated carbocycles. The standard InChI is InChI=1S/C8H9BrF3NO4S/c9-7-6(3-5(4-14)17-7)18(15,16)13-2-1-8(10,11)12/h3,13-14H,1-2,4H2. The number of nitrogens with one attached hydrogen (secondary N) is 1. The smallest absolute Gasteiger partial charge is 0.390 e. The Hall–Kier alpha value is -0.580. The van der Waals surface area contributed by atoms with Crippen LogP contribution in [0, 0.1) is 0 Å². The van der Waals surface area contributed by atoms with E-state index < -0.39 is 35.8 Å². The first kappa shape index (κ1) is 15.5. The van der Waals surface area contributed by atoms with Crippen molar-refractivity contribution in [2.45, 2.75) is 24.1 Å². The van der Waals surface area contributed by atoms with Gasteiger partial charge in [0.1, 0.15) is 17.3 Å². The van der Waals surface area contributed by atoms with Crippen molar-refractivity contribution in [3.8, 4) is 0 Å². The van der Waals surface area contributed by atoms with Gasteiger partial charge in [0, 0.05) is 12.6 Å². The Bertz CT molecular complexity index is 511. The molecule has 0 aliphatic rings. The van der Waals surface area contributed by atoms with Gasteiger partial charge in [0.2, 0.25) is 10.0 Å². The lowest BCUT2D eigenvalue weighted by molar-refractivity contribution is -0.132. The molecule has 0 atom stereocenters. The van der Waals surface area contributed by atoms with Crippen LogP contribution in [0.15, 0.2) is 20.0 Å². The Morgan fingerprint density at radius 1 is 1.44 bits per heavy atom. The molecule has 1 aromatic heterocycles. The molecule has 18 heavy (non-hydrogen) atoms. The van der Waals surface area contributed by atoms with Gasteiger partial charge in [-0.15, -0.1) is 0 Å². The molecule has 1 aromatic rings. The summed E-state index contributed by atoms with van der Waals surface area (Å²) in [5, 5.41) is 8.75. The highest BCUT2D eigenvalue weighted by molar-refractivity contribution is 9.10. The van der Waals surface area contributed by atoms with Crippen LogP contribution in [-0.4, -0.2) is 26.2 Å². The number of hydrogen-bond acceptors (Lipinski definition) is 4. The third kappa shape index (κ3) is 4.26. The van der Waals surface area contributed by atoms with Crippen molar-refractivity contribution in [2.75, 3.05) is 6.54 Å². The average molecular weight is 352 g/mol. The van der Waals surface area contributed by atoms with E-state index in [9.17, 15) is 21.6 Å². The molecule has 0 radical (unpaired) electrons. The second-order valence-corrected chi connectivity index (χ2v) is 5.73. The van der Waals surface area contributed by atoms with E-state index in [1.807, 2.05) is 0 Å². The molecule has 104 valence electrons. The van der Waals surface area contributed by atoms with Gasteiger partial charge >= 0.3 is 6.18 Å². The van der Waals surface area contributed by atoms with Gasteiger partial charge in [-0.1, -0.05) is 0 Å². The molecule has 0 amide bonds. The highest BCUT2D eigenvalue weighted by Gasteiger charge is 2.28. The van der Waals surface area contributed by atoms with Crippen molar-refractivity contribution in [1.82, 2.24) is 4.72 Å². The zero-order chi connectivity index (χ0) is 14.0. The van der Waals surface area contributed by atoms with Crippen LogP contribution < -0.4 is 4.72 Å². The molecule has 1 heterocycles. The fourth-order valence-electron chi connectivity index (χ4n) is 1.06. The predicted molar refractivity (Wildman–Crippen MR) is 58.2 cm³/mol. The Morgan fingerprint density at radius 2 is 2.06 bits per heavy atom. The lowest BCUT2D eigenvalue weighted by atomic mass is 10.4. The van der Waals surface area contributed by atoms with Crippen LogP contribution in [0.4, 0.5) is 13.2 Å². The molecule has 2 N–H and O–H groups in total. The maximum absolute atomic E-state index is 11.9.